The van der Waals surface area contributed by atoms with Crippen molar-refractivity contribution < 1.29 is 0 Å². The molecule has 1 unspecified atom stereocenters. The molecule has 0 bridgehead atoms. The van der Waals surface area contributed by atoms with Gasteiger partial charge >= 0.3 is 5.69 Å². The zero-order valence-corrected chi connectivity index (χ0v) is 9.38. The molecule has 1 aliphatic rings. The van der Waals surface area contributed by atoms with Crippen LogP contribution in [0.15, 0.2) is 29.1 Å². The van der Waals surface area contributed by atoms with Crippen molar-refractivity contribution in [3.63, 3.8) is 0 Å². The first-order valence-electron chi connectivity index (χ1n) is 5.18. The van der Waals surface area contributed by atoms with Gasteiger partial charge in [0.2, 0.25) is 0 Å². The van der Waals surface area contributed by atoms with E-state index in [1.54, 1.807) is 0 Å². The summed E-state index contributed by atoms with van der Waals surface area (Å²) in [6.45, 7) is 0.980. The number of para-hydroxylation sites is 1. The highest BCUT2D eigenvalue weighted by atomic mass is 32.2. The van der Waals surface area contributed by atoms with Gasteiger partial charge in [0.05, 0.1) is 16.6 Å². The number of hydrogen-bond donors (Lipinski definition) is 2. The molecule has 0 aliphatic carbocycles. The number of fused-ring (bicyclic) bond motifs is 1. The molecule has 4 nitrogen and oxygen atoms in total. The van der Waals surface area contributed by atoms with Crippen LogP contribution < -0.4 is 11.0 Å². The van der Waals surface area contributed by atoms with Crippen LogP contribution >= 0.6 is 11.8 Å². The van der Waals surface area contributed by atoms with Crippen molar-refractivity contribution in [1.29, 1.82) is 0 Å². The van der Waals surface area contributed by atoms with Gasteiger partial charge in [-0.2, -0.15) is 4.98 Å². The molecule has 3 rings (SSSR count). The molecule has 0 spiro atoms. The SMILES string of the molecule is O=c1nc2ccccc2c(C2NCCS2)[nH]1. The molecule has 2 heterocycles. The van der Waals surface area contributed by atoms with Gasteiger partial charge in [0.25, 0.3) is 0 Å². The number of benzene rings is 1. The molecule has 1 aromatic heterocycles. The number of rotatable bonds is 1. The van der Waals surface area contributed by atoms with Crippen LogP contribution in [0.3, 0.4) is 0 Å². The highest BCUT2D eigenvalue weighted by Gasteiger charge is 2.20. The van der Waals surface area contributed by atoms with Gasteiger partial charge in [-0.25, -0.2) is 4.79 Å². The van der Waals surface area contributed by atoms with Crippen LogP contribution in [0.2, 0.25) is 0 Å². The van der Waals surface area contributed by atoms with E-state index < -0.39 is 0 Å². The molecule has 5 heteroatoms. The minimum atomic E-state index is -0.275. The maximum Gasteiger partial charge on any atom is 0.345 e. The standard InChI is InChI=1S/C11H11N3OS/c15-11-13-8-4-2-1-3-7(8)9(14-11)10-12-5-6-16-10/h1-4,10,12H,5-6H2,(H,13,14,15). The Morgan fingerprint density at radius 3 is 3.06 bits per heavy atom. The zero-order valence-electron chi connectivity index (χ0n) is 8.56. The second-order valence-electron chi connectivity index (χ2n) is 3.68. The summed E-state index contributed by atoms with van der Waals surface area (Å²) >= 11 is 1.81. The number of H-pyrrole nitrogens is 1. The fourth-order valence-corrected chi connectivity index (χ4v) is 3.00. The van der Waals surface area contributed by atoms with Crippen molar-refractivity contribution in [3.05, 3.63) is 40.4 Å². The molecule has 82 valence electrons. The van der Waals surface area contributed by atoms with Crippen LogP contribution in [0, 0.1) is 0 Å². The van der Waals surface area contributed by atoms with E-state index in [2.05, 4.69) is 15.3 Å². The maximum absolute atomic E-state index is 11.5. The molecule has 1 aromatic carbocycles. The van der Waals surface area contributed by atoms with Crippen molar-refractivity contribution in [3.8, 4) is 0 Å². The van der Waals surface area contributed by atoms with E-state index in [4.69, 9.17) is 0 Å². The average molecular weight is 233 g/mol. The predicted octanol–water partition coefficient (Wildman–Crippen LogP) is 1.26. The Labute approximate surface area is 96.5 Å². The summed E-state index contributed by atoms with van der Waals surface area (Å²) in [6.07, 6.45) is 0. The van der Waals surface area contributed by atoms with Gasteiger partial charge in [-0.1, -0.05) is 18.2 Å². The third-order valence-electron chi connectivity index (χ3n) is 2.64. The van der Waals surface area contributed by atoms with Gasteiger partial charge in [-0.05, 0) is 6.07 Å². The third-order valence-corrected chi connectivity index (χ3v) is 3.81. The number of nitrogens with zero attached hydrogens (tertiary/aromatic N) is 1. The van der Waals surface area contributed by atoms with Crippen LogP contribution in [-0.4, -0.2) is 22.3 Å². The summed E-state index contributed by atoms with van der Waals surface area (Å²) in [4.78, 5) is 18.3. The topological polar surface area (TPSA) is 57.8 Å². The van der Waals surface area contributed by atoms with Crippen LogP contribution in [0.5, 0.6) is 0 Å². The van der Waals surface area contributed by atoms with Crippen LogP contribution in [0.4, 0.5) is 0 Å². The largest absolute Gasteiger partial charge is 0.345 e. The Balaban J connectivity index is 2.25. The van der Waals surface area contributed by atoms with Gasteiger partial charge < -0.3 is 4.98 Å². The Morgan fingerprint density at radius 1 is 1.38 bits per heavy atom. The molecule has 1 atom stereocenters. The lowest BCUT2D eigenvalue weighted by Gasteiger charge is -2.11. The van der Waals surface area contributed by atoms with E-state index in [0.29, 0.717) is 0 Å². The summed E-state index contributed by atoms with van der Waals surface area (Å²) in [6, 6.07) is 7.72. The zero-order chi connectivity index (χ0) is 11.0. The Morgan fingerprint density at radius 2 is 2.25 bits per heavy atom. The monoisotopic (exact) mass is 233 g/mol. The summed E-state index contributed by atoms with van der Waals surface area (Å²) in [5, 5.41) is 4.56. The second-order valence-corrected chi connectivity index (χ2v) is 4.89. The van der Waals surface area contributed by atoms with Crippen molar-refractivity contribution in [1.82, 2.24) is 15.3 Å². The lowest BCUT2D eigenvalue weighted by atomic mass is 10.2. The summed E-state index contributed by atoms with van der Waals surface area (Å²) in [5.74, 6) is 1.07. The first kappa shape index (κ1) is 9.86. The average Bonchev–Trinajstić information content (AvgIpc) is 2.81. The fourth-order valence-electron chi connectivity index (χ4n) is 1.94. The lowest BCUT2D eigenvalue weighted by Crippen LogP contribution is -2.19. The number of aromatic amines is 1. The van der Waals surface area contributed by atoms with E-state index in [0.717, 1.165) is 28.9 Å². The van der Waals surface area contributed by atoms with Gasteiger partial charge in [-0.15, -0.1) is 11.8 Å². The molecular weight excluding hydrogens is 222 g/mol. The molecule has 1 saturated heterocycles. The quantitative estimate of drug-likeness (QED) is 0.778. The van der Waals surface area contributed by atoms with Crippen molar-refractivity contribution in [2.75, 3.05) is 12.3 Å². The van der Waals surface area contributed by atoms with Gasteiger partial charge in [0.15, 0.2) is 0 Å². The summed E-state index contributed by atoms with van der Waals surface area (Å²) < 4.78 is 0. The van der Waals surface area contributed by atoms with Gasteiger partial charge in [0.1, 0.15) is 0 Å². The number of aromatic nitrogens is 2. The Hall–Kier alpha value is -1.33. The fraction of sp³-hybridized carbons (Fsp3) is 0.273. The Kier molecular flexibility index (Phi) is 2.41. The van der Waals surface area contributed by atoms with Crippen LogP contribution in [0.1, 0.15) is 11.1 Å². The highest BCUT2D eigenvalue weighted by Crippen LogP contribution is 2.31. The summed E-state index contributed by atoms with van der Waals surface area (Å²) in [7, 11) is 0. The first-order valence-corrected chi connectivity index (χ1v) is 6.23. The smallest absolute Gasteiger partial charge is 0.307 e. The molecule has 0 saturated carbocycles. The number of thioether (sulfide) groups is 1. The van der Waals surface area contributed by atoms with Crippen molar-refractivity contribution in [2.24, 2.45) is 0 Å². The highest BCUT2D eigenvalue weighted by molar-refractivity contribution is 7.99. The molecule has 1 fully saturated rings. The summed E-state index contributed by atoms with van der Waals surface area (Å²) in [5.41, 5.74) is 1.43. The predicted molar refractivity (Wildman–Crippen MR) is 65.6 cm³/mol. The third kappa shape index (κ3) is 1.62. The normalized spacial score (nSPS) is 20.4. The molecule has 16 heavy (non-hydrogen) atoms. The van der Waals surface area contributed by atoms with E-state index >= 15 is 0 Å². The molecule has 2 aromatic rings. The van der Waals surface area contributed by atoms with E-state index in [1.807, 2.05) is 36.0 Å². The van der Waals surface area contributed by atoms with E-state index in [-0.39, 0.29) is 11.1 Å². The molecular formula is C11H11N3OS. The van der Waals surface area contributed by atoms with Crippen molar-refractivity contribution in [2.45, 2.75) is 5.37 Å². The number of hydrogen-bond acceptors (Lipinski definition) is 4. The van der Waals surface area contributed by atoms with Crippen LogP contribution in [-0.2, 0) is 0 Å². The Bertz CT molecular complexity index is 575. The minimum absolute atomic E-state index is 0.181. The van der Waals surface area contributed by atoms with Gasteiger partial charge in [0, 0.05) is 17.7 Å². The van der Waals surface area contributed by atoms with E-state index in [1.165, 1.54) is 0 Å². The second kappa shape index (κ2) is 3.92. The lowest BCUT2D eigenvalue weighted by molar-refractivity contribution is 0.732. The molecule has 1 aliphatic heterocycles. The van der Waals surface area contributed by atoms with E-state index in [9.17, 15) is 4.79 Å². The molecule has 2 N–H and O–H groups in total. The first-order chi connectivity index (χ1) is 7.84. The van der Waals surface area contributed by atoms with Crippen molar-refractivity contribution >= 4 is 22.7 Å². The maximum atomic E-state index is 11.5. The minimum Gasteiger partial charge on any atom is -0.307 e. The number of nitrogens with one attached hydrogen (secondary N) is 2. The van der Waals surface area contributed by atoms with Gasteiger partial charge in [-0.3, -0.25) is 5.32 Å². The molecule has 0 radical (unpaired) electrons. The molecule has 0 amide bonds. The van der Waals surface area contributed by atoms with Crippen LogP contribution in [0.25, 0.3) is 10.9 Å².